The monoisotopic (exact) mass is 197 g/mol. The van der Waals surface area contributed by atoms with Crippen LogP contribution in [0.4, 0.5) is 0 Å². The number of hydrogen-bond donors (Lipinski definition) is 0. The molecule has 0 aromatic heterocycles. The number of carbonyl (C=O) groups excluding carboxylic acids is 1. The van der Waals surface area contributed by atoms with Crippen LogP contribution in [0.3, 0.4) is 0 Å². The van der Waals surface area contributed by atoms with Gasteiger partial charge in [-0.3, -0.25) is 4.79 Å². The van der Waals surface area contributed by atoms with E-state index in [-0.39, 0.29) is 11.3 Å². The Hall–Kier alpha value is -0.370. The van der Waals surface area contributed by atoms with Crippen LogP contribution in [0.15, 0.2) is 0 Å². The third-order valence-electron chi connectivity index (χ3n) is 3.01. The van der Waals surface area contributed by atoms with Crippen LogP contribution in [0, 0.1) is 11.3 Å². The summed E-state index contributed by atoms with van der Waals surface area (Å²) in [6, 6.07) is 0. The largest absolute Gasteiger partial charge is 0.302 e. The quantitative estimate of drug-likeness (QED) is 0.689. The number of carbonyl (C=O) groups is 1. The minimum atomic E-state index is -0.168. The van der Waals surface area contributed by atoms with Gasteiger partial charge in [0, 0.05) is 17.9 Å². The molecule has 0 atom stereocenters. The third-order valence-corrected chi connectivity index (χ3v) is 3.01. The summed E-state index contributed by atoms with van der Waals surface area (Å²) in [5, 5.41) is 0. The molecule has 0 aromatic carbocycles. The van der Waals surface area contributed by atoms with Crippen molar-refractivity contribution in [3.8, 4) is 0 Å². The smallest absolute Gasteiger partial charge is 0.142 e. The predicted octanol–water partition coefficient (Wildman–Crippen LogP) is 2.33. The lowest BCUT2D eigenvalue weighted by molar-refractivity contribution is -0.131. The molecule has 0 aromatic rings. The highest BCUT2D eigenvalue weighted by atomic mass is 16.1. The Labute approximate surface area is 87.7 Å². The van der Waals surface area contributed by atoms with E-state index < -0.39 is 0 Å². The summed E-state index contributed by atoms with van der Waals surface area (Å²) in [7, 11) is 0. The lowest BCUT2D eigenvalue weighted by Crippen LogP contribution is -2.39. The molecule has 0 saturated carbocycles. The third kappa shape index (κ3) is 2.81. The van der Waals surface area contributed by atoms with Crippen LogP contribution in [0.1, 0.15) is 40.5 Å². The first-order chi connectivity index (χ1) is 6.43. The Morgan fingerprint density at radius 1 is 1.29 bits per heavy atom. The van der Waals surface area contributed by atoms with Crippen molar-refractivity contribution in [3.05, 3.63) is 0 Å². The van der Waals surface area contributed by atoms with Crippen molar-refractivity contribution in [2.75, 3.05) is 19.6 Å². The van der Waals surface area contributed by atoms with Crippen LogP contribution in [0.5, 0.6) is 0 Å². The van der Waals surface area contributed by atoms with Crippen LogP contribution >= 0.6 is 0 Å². The molecule has 0 spiro atoms. The molecule has 0 N–H and O–H groups in total. The Kier molecular flexibility index (Phi) is 3.71. The van der Waals surface area contributed by atoms with E-state index >= 15 is 0 Å². The van der Waals surface area contributed by atoms with Gasteiger partial charge in [-0.2, -0.15) is 0 Å². The molecule has 0 bridgehead atoms. The van der Waals surface area contributed by atoms with Crippen molar-refractivity contribution in [2.24, 2.45) is 11.3 Å². The number of hydrogen-bond acceptors (Lipinski definition) is 2. The van der Waals surface area contributed by atoms with Gasteiger partial charge in [0.2, 0.25) is 0 Å². The maximum absolute atomic E-state index is 11.9. The molecule has 1 heterocycles. The van der Waals surface area contributed by atoms with E-state index in [0.29, 0.717) is 5.78 Å². The van der Waals surface area contributed by atoms with Crippen LogP contribution in [0.25, 0.3) is 0 Å². The van der Waals surface area contributed by atoms with Gasteiger partial charge in [0.25, 0.3) is 0 Å². The second-order valence-electron chi connectivity index (χ2n) is 5.39. The molecule has 2 nitrogen and oxygen atoms in total. The Bertz CT molecular complexity index is 202. The summed E-state index contributed by atoms with van der Waals surface area (Å²) in [6.07, 6.45) is 2.60. The second kappa shape index (κ2) is 4.43. The fourth-order valence-corrected chi connectivity index (χ4v) is 2.36. The van der Waals surface area contributed by atoms with E-state index in [9.17, 15) is 4.79 Å². The van der Waals surface area contributed by atoms with Gasteiger partial charge in [-0.15, -0.1) is 0 Å². The molecule has 0 amide bonds. The molecule has 0 unspecified atom stereocenters. The first-order valence-electron chi connectivity index (χ1n) is 5.70. The number of nitrogens with zero attached hydrogens (tertiary/aromatic N) is 1. The van der Waals surface area contributed by atoms with Gasteiger partial charge in [-0.25, -0.2) is 0 Å². The van der Waals surface area contributed by atoms with E-state index in [1.54, 1.807) is 0 Å². The Morgan fingerprint density at radius 3 is 2.21 bits per heavy atom. The zero-order valence-corrected chi connectivity index (χ0v) is 9.97. The summed E-state index contributed by atoms with van der Waals surface area (Å²) in [5.74, 6) is 0.553. The van der Waals surface area contributed by atoms with Crippen molar-refractivity contribution in [2.45, 2.75) is 40.5 Å². The van der Waals surface area contributed by atoms with Crippen molar-refractivity contribution in [1.29, 1.82) is 0 Å². The number of Topliss-reactive ketones (excluding diaryl/α,β-unsaturated/α-hetero) is 1. The van der Waals surface area contributed by atoms with Gasteiger partial charge < -0.3 is 4.90 Å². The van der Waals surface area contributed by atoms with Gasteiger partial charge in [-0.05, 0) is 25.9 Å². The zero-order valence-electron chi connectivity index (χ0n) is 9.97. The standard InChI is InChI=1S/C12H23NO/c1-10(2)11(14)12(3,4)9-13-7-5-6-8-13/h10H,5-9H2,1-4H3. The highest BCUT2D eigenvalue weighted by molar-refractivity contribution is 5.85. The van der Waals surface area contributed by atoms with Gasteiger partial charge in [0.05, 0.1) is 0 Å². The molecule has 1 saturated heterocycles. The molecule has 0 aliphatic carbocycles. The number of rotatable bonds is 4. The zero-order chi connectivity index (χ0) is 10.8. The van der Waals surface area contributed by atoms with Crippen LogP contribution in [-0.2, 0) is 4.79 Å². The predicted molar refractivity (Wildman–Crippen MR) is 59.3 cm³/mol. The van der Waals surface area contributed by atoms with E-state index in [1.807, 2.05) is 13.8 Å². The summed E-state index contributed by atoms with van der Waals surface area (Å²) in [6.45, 7) is 11.4. The molecule has 1 aliphatic heterocycles. The van der Waals surface area contributed by atoms with Gasteiger partial charge in [-0.1, -0.05) is 27.7 Å². The van der Waals surface area contributed by atoms with Gasteiger partial charge >= 0.3 is 0 Å². The van der Waals surface area contributed by atoms with Crippen molar-refractivity contribution in [1.82, 2.24) is 4.90 Å². The minimum absolute atomic E-state index is 0.160. The molecule has 14 heavy (non-hydrogen) atoms. The highest BCUT2D eigenvalue weighted by Gasteiger charge is 2.32. The maximum Gasteiger partial charge on any atom is 0.142 e. The number of ketones is 1. The van der Waals surface area contributed by atoms with Crippen molar-refractivity contribution in [3.63, 3.8) is 0 Å². The molecular weight excluding hydrogens is 174 g/mol. The highest BCUT2D eigenvalue weighted by Crippen LogP contribution is 2.24. The average Bonchev–Trinajstić information content (AvgIpc) is 2.54. The molecule has 1 fully saturated rings. The Balaban J connectivity index is 2.51. The molecule has 82 valence electrons. The summed E-state index contributed by atoms with van der Waals surface area (Å²) in [5.41, 5.74) is -0.168. The maximum atomic E-state index is 11.9. The van der Waals surface area contributed by atoms with Crippen LogP contribution < -0.4 is 0 Å². The Morgan fingerprint density at radius 2 is 1.79 bits per heavy atom. The second-order valence-corrected chi connectivity index (χ2v) is 5.39. The topological polar surface area (TPSA) is 20.3 Å². The molecule has 1 rings (SSSR count). The minimum Gasteiger partial charge on any atom is -0.302 e. The summed E-state index contributed by atoms with van der Waals surface area (Å²) >= 11 is 0. The van der Waals surface area contributed by atoms with E-state index in [4.69, 9.17) is 0 Å². The lowest BCUT2D eigenvalue weighted by atomic mass is 9.82. The number of likely N-dealkylation sites (tertiary alicyclic amines) is 1. The van der Waals surface area contributed by atoms with Crippen LogP contribution in [-0.4, -0.2) is 30.3 Å². The SMILES string of the molecule is CC(C)C(=O)C(C)(C)CN1CCCC1. The summed E-state index contributed by atoms with van der Waals surface area (Å²) < 4.78 is 0. The lowest BCUT2D eigenvalue weighted by Gasteiger charge is -2.30. The van der Waals surface area contributed by atoms with Gasteiger partial charge in [0.1, 0.15) is 5.78 Å². The molecular formula is C12H23NO. The van der Waals surface area contributed by atoms with Crippen LogP contribution in [0.2, 0.25) is 0 Å². The van der Waals surface area contributed by atoms with E-state index in [1.165, 1.54) is 25.9 Å². The van der Waals surface area contributed by atoms with E-state index in [2.05, 4.69) is 18.7 Å². The molecule has 2 heteroatoms. The van der Waals surface area contributed by atoms with Gasteiger partial charge in [0.15, 0.2) is 0 Å². The molecule has 1 aliphatic rings. The first-order valence-corrected chi connectivity index (χ1v) is 5.70. The fraction of sp³-hybridized carbons (Fsp3) is 0.917. The first kappa shape index (κ1) is 11.7. The normalized spacial score (nSPS) is 19.2. The molecule has 0 radical (unpaired) electrons. The van der Waals surface area contributed by atoms with Crippen molar-refractivity contribution >= 4 is 5.78 Å². The summed E-state index contributed by atoms with van der Waals surface area (Å²) in [4.78, 5) is 14.3. The fourth-order valence-electron chi connectivity index (χ4n) is 2.36. The van der Waals surface area contributed by atoms with Crippen molar-refractivity contribution < 1.29 is 4.79 Å². The van der Waals surface area contributed by atoms with E-state index in [0.717, 1.165) is 6.54 Å². The average molecular weight is 197 g/mol.